The van der Waals surface area contributed by atoms with Crippen LogP contribution in [0.1, 0.15) is 45.1 Å². The molecule has 158 valence electrons. The van der Waals surface area contributed by atoms with Crippen LogP contribution in [0.4, 0.5) is 5.69 Å². The molecule has 0 unspecified atom stereocenters. The van der Waals surface area contributed by atoms with E-state index in [0.29, 0.717) is 30.9 Å². The van der Waals surface area contributed by atoms with Crippen molar-refractivity contribution in [2.75, 3.05) is 24.5 Å². The van der Waals surface area contributed by atoms with Gasteiger partial charge in [-0.05, 0) is 55.5 Å². The zero-order valence-electron chi connectivity index (χ0n) is 17.9. The lowest BCUT2D eigenvalue weighted by Gasteiger charge is -2.36. The first-order valence-electron chi connectivity index (χ1n) is 10.7. The summed E-state index contributed by atoms with van der Waals surface area (Å²) in [5, 5.41) is 24.2. The van der Waals surface area contributed by atoms with Crippen LogP contribution in [-0.2, 0) is 10.4 Å². The first-order chi connectivity index (χ1) is 14.4. The lowest BCUT2D eigenvalue weighted by Crippen LogP contribution is -2.42. The molecule has 1 fully saturated rings. The van der Waals surface area contributed by atoms with Crippen LogP contribution in [0.15, 0.2) is 48.5 Å². The minimum atomic E-state index is -1.01. The molecule has 5 heteroatoms. The molecule has 30 heavy (non-hydrogen) atoms. The molecule has 2 aromatic rings. The van der Waals surface area contributed by atoms with E-state index in [1.807, 2.05) is 48.5 Å². The van der Waals surface area contributed by atoms with Gasteiger partial charge in [0.1, 0.15) is 6.54 Å². The summed E-state index contributed by atoms with van der Waals surface area (Å²) in [6.45, 7) is 5.57. The van der Waals surface area contributed by atoms with Gasteiger partial charge in [-0.3, -0.25) is 9.69 Å². The highest BCUT2D eigenvalue weighted by Gasteiger charge is 2.35. The van der Waals surface area contributed by atoms with Gasteiger partial charge in [0.05, 0.1) is 17.4 Å². The number of nitrogens with zero attached hydrogens (tertiary/aromatic N) is 2. The van der Waals surface area contributed by atoms with Crippen molar-refractivity contribution >= 4 is 11.6 Å². The smallest absolute Gasteiger partial charge is 0.227 e. The molecular weight excluding hydrogens is 374 g/mol. The summed E-state index contributed by atoms with van der Waals surface area (Å²) >= 11 is 0. The zero-order chi connectivity index (χ0) is 21.6. The summed E-state index contributed by atoms with van der Waals surface area (Å²) in [4.78, 5) is 14.7. The normalized spacial score (nSPS) is 15.6. The molecule has 0 saturated carbocycles. The van der Waals surface area contributed by atoms with E-state index in [-0.39, 0.29) is 12.5 Å². The lowest BCUT2D eigenvalue weighted by molar-refractivity contribution is -0.118. The van der Waals surface area contributed by atoms with E-state index in [1.54, 1.807) is 4.90 Å². The first kappa shape index (κ1) is 22.0. The van der Waals surface area contributed by atoms with Crippen LogP contribution in [-0.4, -0.2) is 30.6 Å². The number of amides is 1. The molecule has 1 aliphatic rings. The van der Waals surface area contributed by atoms with Crippen LogP contribution in [0.3, 0.4) is 0 Å². The van der Waals surface area contributed by atoms with Crippen molar-refractivity contribution in [2.45, 2.75) is 45.1 Å². The third kappa shape index (κ3) is 5.08. The Hall–Kier alpha value is -2.68. The number of aliphatic hydroxyl groups is 1. The molecule has 0 aromatic heterocycles. The van der Waals surface area contributed by atoms with Gasteiger partial charge in [-0.2, -0.15) is 5.26 Å². The fourth-order valence-electron chi connectivity index (χ4n) is 3.99. The van der Waals surface area contributed by atoms with Gasteiger partial charge in [0.25, 0.3) is 0 Å². The van der Waals surface area contributed by atoms with E-state index in [9.17, 15) is 15.2 Å². The van der Waals surface area contributed by atoms with Crippen LogP contribution in [0.2, 0.25) is 0 Å². The second-order valence-corrected chi connectivity index (χ2v) is 8.45. The van der Waals surface area contributed by atoms with Crippen molar-refractivity contribution in [2.24, 2.45) is 5.92 Å². The van der Waals surface area contributed by atoms with Crippen LogP contribution in [0.5, 0.6) is 0 Å². The summed E-state index contributed by atoms with van der Waals surface area (Å²) in [6, 6.07) is 18.0. The second-order valence-electron chi connectivity index (χ2n) is 8.45. The largest absolute Gasteiger partial charge is 0.385 e. The summed E-state index contributed by atoms with van der Waals surface area (Å²) in [5.74, 6) is 0.329. The Morgan fingerprint density at radius 2 is 1.87 bits per heavy atom. The molecule has 0 atom stereocenters. The van der Waals surface area contributed by atoms with E-state index in [2.05, 4.69) is 25.2 Å². The molecule has 1 aliphatic heterocycles. The maximum atomic E-state index is 13.1. The highest BCUT2D eigenvalue weighted by molar-refractivity contribution is 5.95. The maximum absolute atomic E-state index is 13.1. The fraction of sp³-hybridized carbons (Fsp3) is 0.440. The number of carbonyl (C=O) groups excluding carboxylic acids is 1. The van der Waals surface area contributed by atoms with Crippen LogP contribution in [0, 0.1) is 17.2 Å². The number of nitriles is 1. The van der Waals surface area contributed by atoms with Gasteiger partial charge in [-0.15, -0.1) is 0 Å². The van der Waals surface area contributed by atoms with Gasteiger partial charge in [-0.25, -0.2) is 0 Å². The van der Waals surface area contributed by atoms with E-state index < -0.39 is 5.60 Å². The fourth-order valence-corrected chi connectivity index (χ4v) is 3.99. The molecule has 3 rings (SSSR count). The quantitative estimate of drug-likeness (QED) is 0.676. The molecule has 5 nitrogen and oxygen atoms in total. The number of hydrogen-bond donors (Lipinski definition) is 2. The number of piperidine rings is 1. The summed E-state index contributed by atoms with van der Waals surface area (Å²) < 4.78 is 0. The van der Waals surface area contributed by atoms with Crippen molar-refractivity contribution in [3.63, 3.8) is 0 Å². The minimum Gasteiger partial charge on any atom is -0.385 e. The molecule has 2 N–H and O–H groups in total. The van der Waals surface area contributed by atoms with Crippen molar-refractivity contribution in [1.29, 1.82) is 5.26 Å². The predicted molar refractivity (Wildman–Crippen MR) is 120 cm³/mol. The van der Waals surface area contributed by atoms with Crippen molar-refractivity contribution in [3.8, 4) is 17.2 Å². The van der Waals surface area contributed by atoms with Crippen molar-refractivity contribution < 1.29 is 9.90 Å². The molecule has 2 aromatic carbocycles. The van der Waals surface area contributed by atoms with Gasteiger partial charge in [-0.1, -0.05) is 56.3 Å². The van der Waals surface area contributed by atoms with Crippen molar-refractivity contribution in [1.82, 2.24) is 5.32 Å². The van der Waals surface area contributed by atoms with Crippen LogP contribution < -0.4 is 10.2 Å². The van der Waals surface area contributed by atoms with Crippen LogP contribution in [0.25, 0.3) is 11.1 Å². The molecule has 1 amide bonds. The summed E-state index contributed by atoms with van der Waals surface area (Å²) in [7, 11) is 0. The molecule has 0 spiro atoms. The standard InChI is InChI=1S/C25H31N3O2/c1-19(2)8-11-24(29)28(17-14-26)23-18-21(20-6-4-3-5-7-20)9-10-22(23)25(30)12-15-27-16-13-25/h3-7,9-10,18-19,27,30H,8,11-13,15-17H2,1-2H3. The zero-order valence-corrected chi connectivity index (χ0v) is 17.9. The number of anilines is 1. The third-order valence-electron chi connectivity index (χ3n) is 5.79. The monoisotopic (exact) mass is 405 g/mol. The average Bonchev–Trinajstić information content (AvgIpc) is 2.76. The SMILES string of the molecule is CC(C)CCC(=O)N(CC#N)c1cc(-c2ccccc2)ccc1C1(O)CCNCC1. The molecule has 1 saturated heterocycles. The lowest BCUT2D eigenvalue weighted by atomic mass is 9.83. The Bertz CT molecular complexity index is 896. The number of nitrogens with one attached hydrogen (secondary N) is 1. The number of rotatable bonds is 7. The van der Waals surface area contributed by atoms with Crippen molar-refractivity contribution in [3.05, 3.63) is 54.1 Å². The highest BCUT2D eigenvalue weighted by Crippen LogP contribution is 2.39. The Labute approximate surface area is 179 Å². The second kappa shape index (κ2) is 9.88. The molecule has 0 aliphatic carbocycles. The number of carbonyl (C=O) groups is 1. The van der Waals surface area contributed by atoms with Gasteiger partial charge in [0.2, 0.25) is 5.91 Å². The Balaban J connectivity index is 2.08. The van der Waals surface area contributed by atoms with E-state index in [1.165, 1.54) is 0 Å². The summed E-state index contributed by atoms with van der Waals surface area (Å²) in [5.41, 5.74) is 2.37. The molecule has 1 heterocycles. The topological polar surface area (TPSA) is 76.4 Å². The number of benzene rings is 2. The minimum absolute atomic E-state index is 0.0312. The Kier molecular flexibility index (Phi) is 7.25. The third-order valence-corrected chi connectivity index (χ3v) is 5.79. The average molecular weight is 406 g/mol. The van der Waals surface area contributed by atoms with Gasteiger partial charge in [0, 0.05) is 12.0 Å². The Morgan fingerprint density at radius 1 is 1.17 bits per heavy atom. The van der Waals surface area contributed by atoms with Gasteiger partial charge >= 0.3 is 0 Å². The number of hydrogen-bond acceptors (Lipinski definition) is 4. The highest BCUT2D eigenvalue weighted by atomic mass is 16.3. The molecule has 0 bridgehead atoms. The predicted octanol–water partition coefficient (Wildman–Crippen LogP) is 4.22. The summed E-state index contributed by atoms with van der Waals surface area (Å²) in [6.07, 6.45) is 2.30. The Morgan fingerprint density at radius 3 is 2.50 bits per heavy atom. The van der Waals surface area contributed by atoms with E-state index >= 15 is 0 Å². The van der Waals surface area contributed by atoms with Gasteiger partial charge < -0.3 is 10.4 Å². The molecular formula is C25H31N3O2. The van der Waals surface area contributed by atoms with Gasteiger partial charge in [0.15, 0.2) is 0 Å². The first-order valence-corrected chi connectivity index (χ1v) is 10.7. The maximum Gasteiger partial charge on any atom is 0.227 e. The van der Waals surface area contributed by atoms with E-state index in [4.69, 9.17) is 0 Å². The molecule has 0 radical (unpaired) electrons. The van der Waals surface area contributed by atoms with Crippen LogP contribution >= 0.6 is 0 Å². The van der Waals surface area contributed by atoms with E-state index in [0.717, 1.165) is 36.2 Å².